The van der Waals surface area contributed by atoms with Crippen molar-refractivity contribution in [2.75, 3.05) is 0 Å². The molecule has 32 heavy (non-hydrogen) atoms. The maximum atomic E-state index is 13.9. The van der Waals surface area contributed by atoms with E-state index in [4.69, 9.17) is 23.2 Å². The number of hydrogen-bond acceptors (Lipinski definition) is 1. The summed E-state index contributed by atoms with van der Waals surface area (Å²) < 4.78 is 0. The number of nitrogens with zero attached hydrogens (tertiary/aromatic N) is 1. The predicted octanol–water partition coefficient (Wildman–Crippen LogP) is 7.10. The third-order valence-electron chi connectivity index (χ3n) is 6.04. The molecule has 1 aliphatic rings. The summed E-state index contributed by atoms with van der Waals surface area (Å²) >= 11 is 13.1. The molecule has 1 unspecified atom stereocenters. The molecule has 0 radical (unpaired) electrons. The van der Waals surface area contributed by atoms with Crippen molar-refractivity contribution in [3.63, 3.8) is 0 Å². The first-order valence-corrected chi connectivity index (χ1v) is 13.7. The number of halogens is 2. The Morgan fingerprint density at radius 1 is 0.906 bits per heavy atom. The summed E-state index contributed by atoms with van der Waals surface area (Å²) in [6.07, 6.45) is 0. The third kappa shape index (κ3) is 4.67. The van der Waals surface area contributed by atoms with Crippen LogP contribution in [-0.4, -0.2) is 25.8 Å². The quantitative estimate of drug-likeness (QED) is 0.299. The monoisotopic (exact) mass is 529 g/mol. The molecule has 5 heteroatoms. The number of amides is 1. The molecule has 0 saturated carbocycles. The summed E-state index contributed by atoms with van der Waals surface area (Å²) in [6.45, 7) is 4.70. The first-order chi connectivity index (χ1) is 15.4. The molecule has 0 aromatic heterocycles. The maximum absolute atomic E-state index is 13.9. The van der Waals surface area contributed by atoms with Crippen LogP contribution in [-0.2, 0) is 16.7 Å². The molecule has 4 rings (SSSR count). The molecule has 3 aromatic rings. The molecule has 0 fully saturated rings. The van der Waals surface area contributed by atoms with Crippen molar-refractivity contribution in [1.82, 2.24) is 4.90 Å². The van der Waals surface area contributed by atoms with E-state index in [9.17, 15) is 4.79 Å². The van der Waals surface area contributed by atoms with Crippen LogP contribution in [0.1, 0.15) is 30.5 Å². The van der Waals surface area contributed by atoms with Crippen LogP contribution < -0.4 is 0 Å². The van der Waals surface area contributed by atoms with E-state index in [1.807, 2.05) is 41.3 Å². The summed E-state index contributed by atoms with van der Waals surface area (Å²) in [7, 11) is 0. The van der Waals surface area contributed by atoms with Gasteiger partial charge in [-0.05, 0) is 0 Å². The van der Waals surface area contributed by atoms with E-state index in [1.165, 1.54) is 5.56 Å². The van der Waals surface area contributed by atoms with Crippen molar-refractivity contribution in [2.45, 2.75) is 31.0 Å². The Hall–Kier alpha value is -2.03. The zero-order valence-electron chi connectivity index (χ0n) is 18.1. The van der Waals surface area contributed by atoms with E-state index in [0.29, 0.717) is 31.5 Å². The minimum absolute atomic E-state index is 0.148. The van der Waals surface area contributed by atoms with Gasteiger partial charge in [0.25, 0.3) is 0 Å². The zero-order chi connectivity index (χ0) is 22.7. The Kier molecular flexibility index (Phi) is 7.12. The summed E-state index contributed by atoms with van der Waals surface area (Å²) in [5, 5.41) is 3.01. The summed E-state index contributed by atoms with van der Waals surface area (Å²) in [5.74, 6) is 0.148. The average Bonchev–Trinajstić information content (AvgIpc) is 2.97. The number of rotatable bonds is 7. The Bertz CT molecular complexity index is 1150. The minimum atomic E-state index is -0.540. The van der Waals surface area contributed by atoms with Crippen molar-refractivity contribution in [2.24, 2.45) is 5.41 Å². The van der Waals surface area contributed by atoms with Gasteiger partial charge in [-0.3, -0.25) is 0 Å². The molecule has 2 nitrogen and oxygen atoms in total. The molecule has 1 aliphatic heterocycles. The molecule has 1 amide bonds. The van der Waals surface area contributed by atoms with E-state index in [-0.39, 0.29) is 5.91 Å². The topological polar surface area (TPSA) is 20.3 Å². The SMILES string of the molecule is CC1=C(c2ccc(Cl)cc2Cl)N(Cc2ccccc2)C(=O)C1(C)C[Se]Cc1ccccc1. The van der Waals surface area contributed by atoms with Crippen LogP contribution in [0.3, 0.4) is 0 Å². The molecular formula is C27H25Cl2NOSe. The molecule has 0 saturated heterocycles. The van der Waals surface area contributed by atoms with Crippen molar-refractivity contribution < 1.29 is 4.79 Å². The van der Waals surface area contributed by atoms with Gasteiger partial charge >= 0.3 is 207 Å². The number of benzene rings is 3. The molecule has 0 bridgehead atoms. The van der Waals surface area contributed by atoms with Gasteiger partial charge in [0.2, 0.25) is 0 Å². The van der Waals surface area contributed by atoms with Gasteiger partial charge in [-0.1, -0.05) is 0 Å². The standard InChI is InChI=1S/C27H25Cl2NOSe/c1-19-25(23-14-13-22(28)15-24(23)29)30(16-20-9-5-3-6-10-20)26(31)27(19,2)18-32-17-21-11-7-4-8-12-21/h3-15H,16-18H2,1-2H3. The zero-order valence-corrected chi connectivity index (χ0v) is 21.4. The van der Waals surface area contributed by atoms with E-state index >= 15 is 0 Å². The molecule has 0 aliphatic carbocycles. The Morgan fingerprint density at radius 3 is 2.16 bits per heavy atom. The van der Waals surface area contributed by atoms with Gasteiger partial charge in [-0.15, -0.1) is 0 Å². The normalized spacial score (nSPS) is 18.5. The summed E-state index contributed by atoms with van der Waals surface area (Å²) in [6, 6.07) is 26.1. The number of hydrogen-bond donors (Lipinski definition) is 0. The molecule has 0 spiro atoms. The van der Waals surface area contributed by atoms with Crippen LogP contribution in [0.2, 0.25) is 15.4 Å². The van der Waals surface area contributed by atoms with Gasteiger partial charge in [-0.25, -0.2) is 0 Å². The van der Waals surface area contributed by atoms with Crippen molar-refractivity contribution in [3.8, 4) is 0 Å². The van der Waals surface area contributed by atoms with Crippen molar-refractivity contribution in [3.05, 3.63) is 111 Å². The van der Waals surface area contributed by atoms with Crippen LogP contribution in [0.4, 0.5) is 0 Å². The van der Waals surface area contributed by atoms with E-state index in [0.717, 1.165) is 33.0 Å². The third-order valence-corrected chi connectivity index (χ3v) is 9.36. The summed E-state index contributed by atoms with van der Waals surface area (Å²) in [5.41, 5.74) is 4.73. The van der Waals surface area contributed by atoms with Crippen LogP contribution in [0.15, 0.2) is 84.4 Å². The second-order valence-electron chi connectivity index (χ2n) is 8.29. The molecule has 1 heterocycles. The van der Waals surface area contributed by atoms with E-state index in [1.54, 1.807) is 6.07 Å². The second kappa shape index (κ2) is 9.85. The summed E-state index contributed by atoms with van der Waals surface area (Å²) in [4.78, 5) is 15.8. The van der Waals surface area contributed by atoms with Gasteiger partial charge in [0.05, 0.1) is 0 Å². The van der Waals surface area contributed by atoms with Crippen LogP contribution in [0.25, 0.3) is 5.70 Å². The fraction of sp³-hybridized carbons (Fsp3) is 0.222. The average molecular weight is 529 g/mol. The number of carbonyl (C=O) groups excluding carboxylic acids is 1. The fourth-order valence-corrected chi connectivity index (χ4v) is 7.27. The van der Waals surface area contributed by atoms with Crippen molar-refractivity contribution >= 4 is 49.8 Å². The van der Waals surface area contributed by atoms with Gasteiger partial charge in [0.1, 0.15) is 0 Å². The molecule has 0 N–H and O–H groups in total. The van der Waals surface area contributed by atoms with Gasteiger partial charge in [-0.2, -0.15) is 0 Å². The second-order valence-corrected chi connectivity index (χ2v) is 11.2. The first-order valence-electron chi connectivity index (χ1n) is 10.5. The Balaban J connectivity index is 1.68. The Morgan fingerprint density at radius 2 is 1.53 bits per heavy atom. The van der Waals surface area contributed by atoms with Crippen molar-refractivity contribution in [1.29, 1.82) is 0 Å². The van der Waals surface area contributed by atoms with Crippen LogP contribution in [0, 0.1) is 5.41 Å². The van der Waals surface area contributed by atoms with Gasteiger partial charge < -0.3 is 0 Å². The van der Waals surface area contributed by atoms with Gasteiger partial charge in [0, 0.05) is 0 Å². The van der Waals surface area contributed by atoms with E-state index < -0.39 is 5.41 Å². The Labute approximate surface area is 206 Å². The molecule has 3 aromatic carbocycles. The van der Waals surface area contributed by atoms with Crippen LogP contribution >= 0.6 is 23.2 Å². The fourth-order valence-electron chi connectivity index (χ4n) is 4.09. The first kappa shape index (κ1) is 23.1. The molecule has 164 valence electrons. The van der Waals surface area contributed by atoms with E-state index in [2.05, 4.69) is 50.2 Å². The van der Waals surface area contributed by atoms with Gasteiger partial charge in [0.15, 0.2) is 0 Å². The van der Waals surface area contributed by atoms with Crippen LogP contribution in [0.5, 0.6) is 0 Å². The molecule has 1 atom stereocenters. The predicted molar refractivity (Wildman–Crippen MR) is 135 cm³/mol. The molecular weight excluding hydrogens is 504 g/mol. The number of carbonyl (C=O) groups is 1.